The second-order valence-corrected chi connectivity index (χ2v) is 48.6. The second-order valence-electron chi connectivity index (χ2n) is 34.8. The number of amides is 5. The minimum atomic E-state index is -4.29. The molecule has 11 heterocycles. The van der Waals surface area contributed by atoms with Gasteiger partial charge in [-0.2, -0.15) is 18.6 Å². The predicted octanol–water partition coefficient (Wildman–Crippen LogP) is 17.2. The van der Waals surface area contributed by atoms with Crippen molar-refractivity contribution in [2.75, 3.05) is 85.3 Å². The first kappa shape index (κ1) is 105. The molecule has 8 aromatic carbocycles. The number of nitrogens with two attached hydrogens (primary N) is 1. The highest BCUT2D eigenvalue weighted by molar-refractivity contribution is 9.11. The van der Waals surface area contributed by atoms with E-state index < -0.39 is 85.2 Å². The Bertz CT molecular complexity index is 7210. The molecule has 5 amide bonds. The predicted molar refractivity (Wildman–Crippen MR) is 548 cm³/mol. The molecule has 141 heavy (non-hydrogen) atoms. The first-order chi connectivity index (χ1) is 66.7. The maximum atomic E-state index is 14.1. The number of benzene rings is 8. The van der Waals surface area contributed by atoms with Crippen molar-refractivity contribution < 1.29 is 67.1 Å². The summed E-state index contributed by atoms with van der Waals surface area (Å²) >= 11 is 60.0. The fourth-order valence-corrected chi connectivity index (χ4v) is 27.4. The van der Waals surface area contributed by atoms with Crippen LogP contribution < -0.4 is 35.4 Å². The number of rotatable bonds is 22. The van der Waals surface area contributed by atoms with Crippen molar-refractivity contribution in [3.05, 3.63) is 276 Å². The summed E-state index contributed by atoms with van der Waals surface area (Å²) < 4.78 is 133. The third-order valence-corrected chi connectivity index (χ3v) is 35.7. The van der Waals surface area contributed by atoms with E-state index in [0.29, 0.717) is 108 Å². The molecule has 0 saturated carbocycles. The first-order valence-electron chi connectivity index (χ1n) is 43.4. The van der Waals surface area contributed by atoms with Gasteiger partial charge in [0.2, 0.25) is 29.7 Å². The van der Waals surface area contributed by atoms with Crippen molar-refractivity contribution >= 4 is 257 Å². The molecule has 0 radical (unpaired) electrons. The second kappa shape index (κ2) is 41.3. The number of ether oxygens (including phenoxy) is 2. The Balaban J connectivity index is 0.000000135. The number of nitrogens with zero attached hydrogens (tertiary/aromatic N) is 15. The van der Waals surface area contributed by atoms with Crippen LogP contribution in [0.1, 0.15) is 75.3 Å². The molecule has 3 saturated heterocycles. The van der Waals surface area contributed by atoms with Gasteiger partial charge in [-0.3, -0.25) is 42.2 Å². The van der Waals surface area contributed by atoms with Gasteiger partial charge >= 0.3 is 0 Å². The third-order valence-electron chi connectivity index (χ3n) is 24.9. The number of hydrogen-bond acceptors (Lipinski definition) is 21. The Morgan fingerprint density at radius 3 is 0.965 bits per heavy atom. The zero-order valence-corrected chi connectivity index (χ0v) is 89.2. The number of carbonyl (C=O) groups is 5. The Kier molecular flexibility index (Phi) is 30.7. The van der Waals surface area contributed by atoms with Gasteiger partial charge in [-0.15, -0.1) is 0 Å². The molecule has 12 aromatic rings. The lowest BCUT2D eigenvalue weighted by molar-refractivity contribution is -0.124. The van der Waals surface area contributed by atoms with E-state index in [1.807, 2.05) is 72.8 Å². The quantitative estimate of drug-likeness (QED) is 0.0567. The zero-order chi connectivity index (χ0) is 101. The summed E-state index contributed by atoms with van der Waals surface area (Å²) in [7, 11) is -16.0. The third kappa shape index (κ3) is 20.7. The molecule has 33 nitrogen and oxygen atoms in total. The van der Waals surface area contributed by atoms with E-state index in [1.165, 1.54) is 85.6 Å². The molecular formula is C93H85Br3Cl8N18O15S4. The fourth-order valence-electron chi connectivity index (χ4n) is 18.0. The van der Waals surface area contributed by atoms with Crippen LogP contribution in [0, 0.1) is 11.3 Å². The Labute approximate surface area is 877 Å². The van der Waals surface area contributed by atoms with Crippen molar-refractivity contribution in [2.45, 2.75) is 127 Å². The minimum Gasteiger partial charge on any atom is -0.379 e. The average molecular weight is 2350 g/mol. The number of fused-ring (bicyclic) bond motifs is 4. The number of carbonyl (C=O) groups excluding carboxylic acids is 5. The maximum absolute atomic E-state index is 14.1. The fraction of sp³-hybridized carbons (Fsp3) is 0.290. The number of sulfonamides is 3. The largest absolute Gasteiger partial charge is 0.379 e. The SMILES string of the molecule is C[C@@]1(Cc2ccc(Br)cc2)C(=O)N(c2cc(Cl)cc(Cl)c2)c2ncc(S(=O)(=O)C3CCNCC3)n21.C[C@@]1(Cc2ccc(Br)cc2)C(=O)N(c2cc(Cl)cc(Cl)c2)c2ncc(S(=O)(=O)N3CCOCC3)n21.C[C@@]1(Cc2ccc(C#N)cc2)C(=O)N(c2cc(Cl)cc(Cl)c2)c2ncc(S(=O)(=O)N3CCOCC3)n21.C[C@H](NS(=O)(=O)c1cnc2n1[C@](C)(Cc1ccc(Br)cc1)C(=O)N2c1cc(Cl)cc(Cl)c1)C(N)=O. The smallest absolute Gasteiger partial charge is 0.260 e. The lowest BCUT2D eigenvalue weighted by Crippen LogP contribution is -2.45. The van der Waals surface area contributed by atoms with Crippen molar-refractivity contribution in [2.24, 2.45) is 5.73 Å². The first-order valence-corrected chi connectivity index (χ1v) is 54.7. The van der Waals surface area contributed by atoms with E-state index >= 15 is 0 Å². The molecular weight excluding hydrogens is 2260 g/mol. The van der Waals surface area contributed by atoms with Gasteiger partial charge in [-0.05, 0) is 204 Å². The molecule has 3 fully saturated rings. The summed E-state index contributed by atoms with van der Waals surface area (Å²) in [4.78, 5) is 90.6. The van der Waals surface area contributed by atoms with Gasteiger partial charge in [-0.1, -0.05) is 189 Å². The number of aromatic nitrogens is 8. The van der Waals surface area contributed by atoms with Crippen LogP contribution >= 0.6 is 141 Å². The minimum absolute atomic E-state index is 0.0435. The molecule has 7 aliphatic rings. The summed E-state index contributed by atoms with van der Waals surface area (Å²) in [6.45, 7) is 11.5. The highest BCUT2D eigenvalue weighted by atomic mass is 79.9. The van der Waals surface area contributed by atoms with Crippen LogP contribution in [0.2, 0.25) is 40.2 Å². The Morgan fingerprint density at radius 2 is 0.688 bits per heavy atom. The summed E-state index contributed by atoms with van der Waals surface area (Å²) in [6.07, 6.45) is 6.96. The van der Waals surface area contributed by atoms with Crippen molar-refractivity contribution in [3.63, 3.8) is 0 Å². The number of sulfone groups is 1. The number of anilines is 8. The number of imidazole rings is 4. The molecule has 0 bridgehead atoms. The van der Waals surface area contributed by atoms with E-state index in [9.17, 15) is 57.6 Å². The molecule has 4 N–H and O–H groups in total. The summed E-state index contributed by atoms with van der Waals surface area (Å²) in [5, 5.41) is 14.1. The van der Waals surface area contributed by atoms with Crippen LogP contribution in [0.5, 0.6) is 0 Å². The molecule has 19 rings (SSSR count). The zero-order valence-electron chi connectivity index (χ0n) is 75.1. The van der Waals surface area contributed by atoms with E-state index in [2.05, 4.69) is 83.8 Å². The van der Waals surface area contributed by atoms with Crippen LogP contribution in [0.3, 0.4) is 0 Å². The van der Waals surface area contributed by atoms with Crippen molar-refractivity contribution in [1.82, 2.24) is 56.9 Å². The van der Waals surface area contributed by atoms with Crippen LogP contribution in [-0.4, -0.2) is 187 Å². The van der Waals surface area contributed by atoms with Gasteiger partial charge in [0.15, 0.2) is 29.9 Å². The maximum Gasteiger partial charge on any atom is 0.260 e. The van der Waals surface area contributed by atoms with E-state index in [0.717, 1.165) is 41.9 Å². The molecule has 5 atom stereocenters. The molecule has 4 aromatic heterocycles. The van der Waals surface area contributed by atoms with Gasteiger partial charge in [0.1, 0.15) is 22.2 Å². The van der Waals surface area contributed by atoms with E-state index in [-0.39, 0.29) is 127 Å². The van der Waals surface area contributed by atoms with Gasteiger partial charge in [0.05, 0.1) is 96.9 Å². The van der Waals surface area contributed by atoms with Gasteiger partial charge in [0.25, 0.3) is 53.7 Å². The van der Waals surface area contributed by atoms with E-state index in [4.69, 9.17) is 113 Å². The standard InChI is InChI=1S/C24H23BrCl2N4O3S.C24H21Cl2N5O4S.C23H21BrCl2N4O4S.C22H20BrCl2N5O4S/c1-24(13-15-2-4-16(25)5-3-15)22(32)30(19-11-17(26)10-18(27)12-19)23-29-14-21(31(23)24)35(33,34)20-6-8-28-9-7-20;1-24(13-16-2-4-17(14-27)5-3-16)22(32)30(20-11-18(25)10-19(26)12-20)23-28-15-21(31(23)24)36(33,34)29-6-8-35-9-7-29;1-23(13-15-2-4-16(24)5-3-15)21(31)29(19-11-17(25)10-18(26)12-19)22-27-14-20(30(22)23)35(32,33)28-6-8-34-9-7-28;1-12(19(26)31)28-35(33,34)18-11-27-21-29(17-8-15(24)7-16(25)9-17)20(32)22(2,30(18)21)10-13-3-5-14(23)6-4-13/h2-5,10-12,14,20,28H,6-9,13H2,1H3;2-5,10-12,15H,6-9,13H2,1H3;2-5,10-12,14H,6-9,13H2,1H3;3-9,11-12,28H,10H2,1-2H3,(H2,26,31)/t2*24-;23-;12-,22+/m1110/s1. The summed E-state index contributed by atoms with van der Waals surface area (Å²) in [5.41, 5.74) is 5.34. The van der Waals surface area contributed by atoms with Crippen LogP contribution in [0.15, 0.2) is 228 Å². The van der Waals surface area contributed by atoms with Gasteiger partial charge < -0.3 is 20.5 Å². The number of piperidine rings is 1. The number of halogens is 11. The van der Waals surface area contributed by atoms with Crippen molar-refractivity contribution in [3.8, 4) is 6.07 Å². The molecule has 738 valence electrons. The lowest BCUT2D eigenvalue weighted by atomic mass is 9.91. The van der Waals surface area contributed by atoms with Crippen molar-refractivity contribution in [1.29, 1.82) is 5.26 Å². The highest BCUT2D eigenvalue weighted by Crippen LogP contribution is 2.51. The number of morpholine rings is 2. The highest BCUT2D eigenvalue weighted by Gasteiger charge is 2.58. The number of primary amides is 1. The van der Waals surface area contributed by atoms with Gasteiger partial charge in [-0.25, -0.2) is 73.2 Å². The molecule has 0 spiro atoms. The number of hydrogen-bond donors (Lipinski definition) is 3. The number of nitrogens with one attached hydrogen (secondary N) is 2. The summed E-state index contributed by atoms with van der Waals surface area (Å²) in [5.74, 6) is -1.64. The lowest BCUT2D eigenvalue weighted by Gasteiger charge is -2.30. The van der Waals surface area contributed by atoms with E-state index in [1.54, 1.807) is 111 Å². The van der Waals surface area contributed by atoms with Crippen LogP contribution in [-0.2, 0) is 121 Å². The summed E-state index contributed by atoms with van der Waals surface area (Å²) in [6, 6.07) is 49.1. The Morgan fingerprint density at radius 1 is 0.433 bits per heavy atom. The molecule has 0 aliphatic carbocycles. The number of nitriles is 1. The Hall–Kier alpha value is -9.24. The van der Waals surface area contributed by atoms with Gasteiger partial charge in [0, 0.05) is 105 Å². The normalized spacial score (nSPS) is 20.2. The average Bonchev–Trinajstić information content (AvgIpc) is 1.50. The van der Waals surface area contributed by atoms with Crippen LogP contribution in [0.4, 0.5) is 46.5 Å². The topological polar surface area (TPSA) is 405 Å². The monoisotopic (exact) mass is 2340 g/mol. The molecule has 0 unspecified atom stereocenters. The molecule has 48 heteroatoms. The molecule has 7 aliphatic heterocycles. The van der Waals surface area contributed by atoms with Crippen LogP contribution in [0.25, 0.3) is 0 Å².